The monoisotopic (exact) mass is 386 g/mol. The Balaban J connectivity index is 2.41. The van der Waals surface area contributed by atoms with E-state index in [0.717, 1.165) is 0 Å². The average molecular weight is 386 g/mol. The fourth-order valence-corrected chi connectivity index (χ4v) is 2.81. The van der Waals surface area contributed by atoms with Gasteiger partial charge in [-0.25, -0.2) is 0 Å². The van der Waals surface area contributed by atoms with Crippen LogP contribution in [0.5, 0.6) is 0 Å². The number of aromatic nitrogens is 2. The molecule has 10 nitrogen and oxygen atoms in total. The van der Waals surface area contributed by atoms with E-state index in [4.69, 9.17) is 31.2 Å². The molecule has 2 rings (SSSR count). The first-order valence-electron chi connectivity index (χ1n) is 7.63. The van der Waals surface area contributed by atoms with Gasteiger partial charge in [0.15, 0.2) is 23.2 Å². The van der Waals surface area contributed by atoms with Crippen LogP contribution in [0.15, 0.2) is 17.1 Å². The van der Waals surface area contributed by atoms with Gasteiger partial charge in [0.05, 0.1) is 0 Å². The second-order valence-electron chi connectivity index (χ2n) is 5.53. The summed E-state index contributed by atoms with van der Waals surface area (Å²) >= 11 is 5.11. The molecule has 1 fully saturated rings. The van der Waals surface area contributed by atoms with Gasteiger partial charge in [0.2, 0.25) is 0 Å². The van der Waals surface area contributed by atoms with Gasteiger partial charge >= 0.3 is 17.9 Å². The van der Waals surface area contributed by atoms with Crippen molar-refractivity contribution < 1.29 is 33.3 Å². The highest BCUT2D eigenvalue weighted by Crippen LogP contribution is 2.34. The van der Waals surface area contributed by atoms with Gasteiger partial charge in [-0.15, -0.1) is 0 Å². The Morgan fingerprint density at radius 1 is 1.15 bits per heavy atom. The summed E-state index contributed by atoms with van der Waals surface area (Å²) in [4.78, 5) is 47.9. The van der Waals surface area contributed by atoms with Crippen molar-refractivity contribution in [3.05, 3.63) is 27.4 Å². The number of nitrogens with zero attached hydrogens (tertiary/aromatic N) is 1. The first-order valence-corrected chi connectivity index (χ1v) is 8.04. The van der Waals surface area contributed by atoms with Crippen LogP contribution in [-0.4, -0.2) is 52.4 Å². The molecule has 4 atom stereocenters. The van der Waals surface area contributed by atoms with E-state index in [1.807, 2.05) is 0 Å². The molecule has 0 amide bonds. The lowest BCUT2D eigenvalue weighted by Crippen LogP contribution is -2.40. The summed E-state index contributed by atoms with van der Waals surface area (Å²) in [5.74, 6) is -1.82. The fraction of sp³-hybridized carbons (Fsp3) is 0.533. The number of nitrogens with one attached hydrogen (secondary N) is 1. The number of rotatable bonds is 5. The van der Waals surface area contributed by atoms with Crippen molar-refractivity contribution in [1.29, 1.82) is 0 Å². The molecule has 2 heterocycles. The number of carbonyl (C=O) groups is 3. The van der Waals surface area contributed by atoms with Crippen LogP contribution in [0.4, 0.5) is 0 Å². The Labute approximate surface area is 153 Å². The molecule has 0 spiro atoms. The second-order valence-corrected chi connectivity index (χ2v) is 5.92. The highest BCUT2D eigenvalue weighted by atomic mass is 32.1. The van der Waals surface area contributed by atoms with Crippen LogP contribution in [-0.2, 0) is 33.3 Å². The third kappa shape index (κ3) is 4.76. The van der Waals surface area contributed by atoms with E-state index in [2.05, 4.69) is 4.98 Å². The summed E-state index contributed by atoms with van der Waals surface area (Å²) in [5.41, 5.74) is -0.415. The maximum atomic E-state index is 11.5. The van der Waals surface area contributed by atoms with Gasteiger partial charge in [-0.3, -0.25) is 28.7 Å². The van der Waals surface area contributed by atoms with Crippen molar-refractivity contribution in [2.75, 3.05) is 6.61 Å². The van der Waals surface area contributed by atoms with Gasteiger partial charge in [0.25, 0.3) is 5.56 Å². The Morgan fingerprint density at radius 3 is 2.31 bits per heavy atom. The number of ether oxygens (including phenoxy) is 4. The Hall–Kier alpha value is -2.53. The number of H-pyrrole nitrogens is 1. The molecule has 1 aromatic rings. The molecule has 0 radical (unpaired) electrons. The maximum Gasteiger partial charge on any atom is 0.303 e. The zero-order valence-corrected chi connectivity index (χ0v) is 15.1. The lowest BCUT2D eigenvalue weighted by Gasteiger charge is -2.24. The van der Waals surface area contributed by atoms with Crippen LogP contribution >= 0.6 is 12.2 Å². The zero-order valence-electron chi connectivity index (χ0n) is 14.3. The first kappa shape index (κ1) is 19.8. The molecule has 0 unspecified atom stereocenters. The molecule has 0 saturated carbocycles. The molecular weight excluding hydrogens is 368 g/mol. The predicted molar refractivity (Wildman–Crippen MR) is 87.5 cm³/mol. The highest BCUT2D eigenvalue weighted by Gasteiger charge is 2.50. The van der Waals surface area contributed by atoms with E-state index in [9.17, 15) is 19.2 Å². The van der Waals surface area contributed by atoms with Crippen LogP contribution in [0.2, 0.25) is 0 Å². The summed E-state index contributed by atoms with van der Waals surface area (Å²) < 4.78 is 22.6. The number of hydrogen-bond acceptors (Lipinski definition) is 9. The van der Waals surface area contributed by atoms with Gasteiger partial charge in [-0.2, -0.15) is 0 Å². The highest BCUT2D eigenvalue weighted by molar-refractivity contribution is 7.71. The molecular formula is C15H18N2O8S. The fourth-order valence-electron chi connectivity index (χ4n) is 2.54. The van der Waals surface area contributed by atoms with E-state index in [1.54, 1.807) is 0 Å². The predicted octanol–water partition coefficient (Wildman–Crippen LogP) is 0.230. The van der Waals surface area contributed by atoms with Gasteiger partial charge in [0, 0.05) is 33.0 Å². The van der Waals surface area contributed by atoms with Crippen LogP contribution in [0.1, 0.15) is 27.0 Å². The van der Waals surface area contributed by atoms with Gasteiger partial charge in [0.1, 0.15) is 12.7 Å². The number of aromatic amines is 1. The van der Waals surface area contributed by atoms with E-state index < -0.39 is 48.0 Å². The van der Waals surface area contributed by atoms with E-state index in [-0.39, 0.29) is 11.4 Å². The van der Waals surface area contributed by atoms with Crippen LogP contribution < -0.4 is 5.56 Å². The molecule has 1 aliphatic heterocycles. The summed E-state index contributed by atoms with van der Waals surface area (Å²) in [6.07, 6.45) is -2.62. The SMILES string of the molecule is CC(=O)OC[C@H]1O[C@@H](n2ccc(=O)[nH]c2=S)[C@@H](OC(C)=O)[C@@H]1OC(C)=O. The number of hydrogen-bond donors (Lipinski definition) is 1. The molecule has 0 aliphatic carbocycles. The van der Waals surface area contributed by atoms with Gasteiger partial charge in [-0.1, -0.05) is 0 Å². The van der Waals surface area contributed by atoms with Crippen molar-refractivity contribution in [2.45, 2.75) is 45.3 Å². The van der Waals surface area contributed by atoms with Crippen LogP contribution in [0.25, 0.3) is 0 Å². The second kappa shape index (κ2) is 8.23. The van der Waals surface area contributed by atoms with Crippen LogP contribution in [0, 0.1) is 4.77 Å². The summed E-state index contributed by atoms with van der Waals surface area (Å²) in [6, 6.07) is 1.21. The molecule has 142 valence electrons. The molecule has 1 aromatic heterocycles. The van der Waals surface area contributed by atoms with Crippen molar-refractivity contribution in [3.8, 4) is 0 Å². The number of carbonyl (C=O) groups excluding carboxylic acids is 3. The Bertz CT molecular complexity index is 816. The normalized spacial score (nSPS) is 24.7. The van der Waals surface area contributed by atoms with E-state index in [0.29, 0.717) is 0 Å². The van der Waals surface area contributed by atoms with Crippen molar-refractivity contribution in [3.63, 3.8) is 0 Å². The number of esters is 3. The summed E-state index contributed by atoms with van der Waals surface area (Å²) in [6.45, 7) is 3.37. The van der Waals surface area contributed by atoms with Crippen molar-refractivity contribution >= 4 is 30.1 Å². The maximum absolute atomic E-state index is 11.5. The molecule has 26 heavy (non-hydrogen) atoms. The van der Waals surface area contributed by atoms with E-state index in [1.165, 1.54) is 37.6 Å². The van der Waals surface area contributed by atoms with Gasteiger partial charge in [-0.05, 0) is 12.2 Å². The minimum absolute atomic E-state index is 0.0226. The molecule has 0 bridgehead atoms. The lowest BCUT2D eigenvalue weighted by molar-refractivity contribution is -0.166. The largest absolute Gasteiger partial charge is 0.463 e. The standard InChI is InChI=1S/C15H18N2O8S/c1-7(18)22-6-10-12(23-8(2)19)13(24-9(3)20)14(25-10)17-5-4-11(21)16-15(17)26/h4-5,10,12-14H,6H2,1-3H3,(H,16,21,26)/t10-,12-,13+,14-/m1/s1. The average Bonchev–Trinajstić information content (AvgIpc) is 2.82. The van der Waals surface area contributed by atoms with Crippen LogP contribution in [0.3, 0.4) is 0 Å². The third-order valence-corrected chi connectivity index (χ3v) is 3.78. The third-order valence-electron chi connectivity index (χ3n) is 3.47. The summed E-state index contributed by atoms with van der Waals surface area (Å²) in [5, 5.41) is 0. The smallest absolute Gasteiger partial charge is 0.303 e. The topological polar surface area (TPSA) is 126 Å². The zero-order chi connectivity index (χ0) is 19.4. The van der Waals surface area contributed by atoms with Gasteiger partial charge < -0.3 is 18.9 Å². The molecule has 1 saturated heterocycles. The van der Waals surface area contributed by atoms with Crippen molar-refractivity contribution in [2.24, 2.45) is 0 Å². The Morgan fingerprint density at radius 2 is 1.77 bits per heavy atom. The molecule has 11 heteroatoms. The molecule has 1 aliphatic rings. The van der Waals surface area contributed by atoms with Crippen molar-refractivity contribution in [1.82, 2.24) is 9.55 Å². The quantitative estimate of drug-likeness (QED) is 0.430. The minimum atomic E-state index is -1.06. The Kier molecular flexibility index (Phi) is 6.27. The minimum Gasteiger partial charge on any atom is -0.463 e. The molecule has 1 N–H and O–H groups in total. The lowest BCUT2D eigenvalue weighted by atomic mass is 10.1. The molecule has 0 aromatic carbocycles. The van der Waals surface area contributed by atoms with E-state index >= 15 is 0 Å². The summed E-state index contributed by atoms with van der Waals surface area (Å²) in [7, 11) is 0. The first-order chi connectivity index (χ1) is 12.2.